The first-order valence-corrected chi connectivity index (χ1v) is 7.28. The van der Waals surface area contributed by atoms with E-state index in [4.69, 9.17) is 11.6 Å². The first-order valence-electron chi connectivity index (χ1n) is 6.90. The number of nitrogens with one attached hydrogen (secondary N) is 1. The van der Waals surface area contributed by atoms with Crippen LogP contribution in [0.2, 0.25) is 5.02 Å². The lowest BCUT2D eigenvalue weighted by atomic mass is 10.0. The zero-order valence-corrected chi connectivity index (χ0v) is 12.8. The van der Waals surface area contributed by atoms with Crippen LogP contribution in [-0.4, -0.2) is 6.54 Å². The van der Waals surface area contributed by atoms with E-state index in [-0.39, 0.29) is 16.9 Å². The van der Waals surface area contributed by atoms with Gasteiger partial charge in [0.25, 0.3) is 0 Å². The predicted octanol–water partition coefficient (Wildman–Crippen LogP) is 4.82. The molecule has 0 aliphatic carbocycles. The molecule has 0 aliphatic heterocycles. The molecule has 21 heavy (non-hydrogen) atoms. The third-order valence-electron chi connectivity index (χ3n) is 3.59. The molecule has 1 N–H and O–H groups in total. The third kappa shape index (κ3) is 4.26. The van der Waals surface area contributed by atoms with Crippen LogP contribution in [0.3, 0.4) is 0 Å². The highest BCUT2D eigenvalue weighted by Gasteiger charge is 2.08. The van der Waals surface area contributed by atoms with Crippen molar-refractivity contribution < 1.29 is 8.78 Å². The van der Waals surface area contributed by atoms with E-state index in [9.17, 15) is 8.78 Å². The second kappa shape index (κ2) is 7.01. The van der Waals surface area contributed by atoms with Gasteiger partial charge in [0.05, 0.1) is 5.02 Å². The average Bonchev–Trinajstić information content (AvgIpc) is 2.44. The number of hydrogen-bond acceptors (Lipinski definition) is 1. The summed E-state index contributed by atoms with van der Waals surface area (Å²) in [6.45, 7) is 4.61. The maximum absolute atomic E-state index is 13.4. The van der Waals surface area contributed by atoms with Gasteiger partial charge in [-0.25, -0.2) is 8.78 Å². The standard InChI is InChI=1S/C17H18ClF2N/c1-11-9-15(19)5-3-13(11)7-8-21-12(2)14-4-6-16(18)17(20)10-14/h3-6,9-10,12,21H,7-8H2,1-2H3. The molecule has 2 aromatic carbocycles. The van der Waals surface area contributed by atoms with Crippen LogP contribution in [0.4, 0.5) is 8.78 Å². The summed E-state index contributed by atoms with van der Waals surface area (Å²) < 4.78 is 26.4. The highest BCUT2D eigenvalue weighted by molar-refractivity contribution is 6.30. The van der Waals surface area contributed by atoms with Gasteiger partial charge < -0.3 is 5.32 Å². The lowest BCUT2D eigenvalue weighted by Crippen LogP contribution is -2.21. The Balaban J connectivity index is 1.92. The van der Waals surface area contributed by atoms with Gasteiger partial charge in [0, 0.05) is 6.04 Å². The van der Waals surface area contributed by atoms with E-state index in [1.54, 1.807) is 12.1 Å². The van der Waals surface area contributed by atoms with Crippen molar-refractivity contribution >= 4 is 11.6 Å². The molecule has 112 valence electrons. The molecular weight excluding hydrogens is 292 g/mol. The molecule has 0 spiro atoms. The summed E-state index contributed by atoms with van der Waals surface area (Å²) in [5.41, 5.74) is 2.91. The predicted molar refractivity (Wildman–Crippen MR) is 82.7 cm³/mol. The minimum atomic E-state index is -0.405. The summed E-state index contributed by atoms with van der Waals surface area (Å²) >= 11 is 5.67. The Morgan fingerprint density at radius 3 is 2.57 bits per heavy atom. The summed E-state index contributed by atoms with van der Waals surface area (Å²) in [6, 6.07) is 9.66. The molecule has 4 heteroatoms. The minimum Gasteiger partial charge on any atom is -0.310 e. The smallest absolute Gasteiger partial charge is 0.142 e. The van der Waals surface area contributed by atoms with E-state index in [1.165, 1.54) is 18.2 Å². The molecule has 1 unspecified atom stereocenters. The zero-order valence-electron chi connectivity index (χ0n) is 12.1. The molecule has 1 nitrogen and oxygen atoms in total. The fraction of sp³-hybridized carbons (Fsp3) is 0.294. The molecule has 0 aromatic heterocycles. The summed E-state index contributed by atoms with van der Waals surface area (Å²) in [7, 11) is 0. The van der Waals surface area contributed by atoms with Crippen LogP contribution >= 0.6 is 11.6 Å². The number of hydrogen-bond donors (Lipinski definition) is 1. The Kier molecular flexibility index (Phi) is 5.32. The van der Waals surface area contributed by atoms with Crippen molar-refractivity contribution in [2.24, 2.45) is 0 Å². The number of halogens is 3. The van der Waals surface area contributed by atoms with Crippen LogP contribution < -0.4 is 5.32 Å². The Bertz CT molecular complexity index is 628. The van der Waals surface area contributed by atoms with E-state index >= 15 is 0 Å². The first kappa shape index (κ1) is 15.9. The van der Waals surface area contributed by atoms with Gasteiger partial charge in [0.2, 0.25) is 0 Å². The Labute approximate surface area is 128 Å². The van der Waals surface area contributed by atoms with Crippen molar-refractivity contribution in [1.82, 2.24) is 5.32 Å². The average molecular weight is 310 g/mol. The van der Waals surface area contributed by atoms with Crippen molar-refractivity contribution in [1.29, 1.82) is 0 Å². The van der Waals surface area contributed by atoms with Crippen LogP contribution in [0.15, 0.2) is 36.4 Å². The number of aryl methyl sites for hydroxylation is 1. The molecule has 0 heterocycles. The summed E-state index contributed by atoms with van der Waals surface area (Å²) in [4.78, 5) is 0. The van der Waals surface area contributed by atoms with Crippen LogP contribution in [0.1, 0.15) is 29.7 Å². The molecule has 1 atom stereocenters. The van der Waals surface area contributed by atoms with Gasteiger partial charge >= 0.3 is 0 Å². The molecule has 0 saturated carbocycles. The number of rotatable bonds is 5. The van der Waals surface area contributed by atoms with Gasteiger partial charge in [0.1, 0.15) is 11.6 Å². The monoisotopic (exact) mass is 309 g/mol. The molecule has 0 amide bonds. The molecule has 0 saturated heterocycles. The highest BCUT2D eigenvalue weighted by Crippen LogP contribution is 2.20. The van der Waals surface area contributed by atoms with E-state index in [2.05, 4.69) is 5.32 Å². The third-order valence-corrected chi connectivity index (χ3v) is 3.90. The second-order valence-corrected chi connectivity index (χ2v) is 5.58. The Morgan fingerprint density at radius 2 is 1.90 bits per heavy atom. The summed E-state index contributed by atoms with van der Waals surface area (Å²) in [5, 5.41) is 3.46. The minimum absolute atomic E-state index is 0.0255. The van der Waals surface area contributed by atoms with Gasteiger partial charge in [-0.1, -0.05) is 23.7 Å². The molecule has 0 fully saturated rings. The van der Waals surface area contributed by atoms with Gasteiger partial charge in [0.15, 0.2) is 0 Å². The fourth-order valence-electron chi connectivity index (χ4n) is 2.26. The second-order valence-electron chi connectivity index (χ2n) is 5.17. The van der Waals surface area contributed by atoms with Crippen LogP contribution in [-0.2, 0) is 6.42 Å². The molecule has 0 aliphatic rings. The van der Waals surface area contributed by atoms with Gasteiger partial charge in [-0.3, -0.25) is 0 Å². The fourth-order valence-corrected chi connectivity index (χ4v) is 2.38. The Morgan fingerprint density at radius 1 is 1.14 bits per heavy atom. The number of benzene rings is 2. The molecule has 0 bridgehead atoms. The quantitative estimate of drug-likeness (QED) is 0.835. The Hall–Kier alpha value is -1.45. The molecule has 2 rings (SSSR count). The first-order chi connectivity index (χ1) is 9.97. The maximum Gasteiger partial charge on any atom is 0.142 e. The normalized spacial score (nSPS) is 12.4. The zero-order chi connectivity index (χ0) is 15.4. The van der Waals surface area contributed by atoms with Gasteiger partial charge in [-0.05, 0) is 67.8 Å². The maximum atomic E-state index is 13.4. The van der Waals surface area contributed by atoms with E-state index in [0.717, 1.165) is 29.7 Å². The van der Waals surface area contributed by atoms with Crippen LogP contribution in [0.25, 0.3) is 0 Å². The van der Waals surface area contributed by atoms with Crippen molar-refractivity contribution in [3.8, 4) is 0 Å². The molecule has 2 aromatic rings. The topological polar surface area (TPSA) is 12.0 Å². The molecular formula is C17H18ClF2N. The van der Waals surface area contributed by atoms with E-state index in [0.29, 0.717) is 0 Å². The van der Waals surface area contributed by atoms with Crippen LogP contribution in [0.5, 0.6) is 0 Å². The van der Waals surface area contributed by atoms with E-state index < -0.39 is 5.82 Å². The van der Waals surface area contributed by atoms with E-state index in [1.807, 2.05) is 19.9 Å². The van der Waals surface area contributed by atoms with Crippen LogP contribution in [0, 0.1) is 18.6 Å². The lowest BCUT2D eigenvalue weighted by molar-refractivity contribution is 0.566. The SMILES string of the molecule is Cc1cc(F)ccc1CCNC(C)c1ccc(Cl)c(F)c1. The largest absolute Gasteiger partial charge is 0.310 e. The molecule has 0 radical (unpaired) electrons. The summed E-state index contributed by atoms with van der Waals surface area (Å²) in [6.07, 6.45) is 0.798. The van der Waals surface area contributed by atoms with Gasteiger partial charge in [-0.15, -0.1) is 0 Å². The van der Waals surface area contributed by atoms with Crippen molar-refractivity contribution in [2.45, 2.75) is 26.3 Å². The van der Waals surface area contributed by atoms with Crippen molar-refractivity contribution in [3.05, 3.63) is 69.7 Å². The van der Waals surface area contributed by atoms with Crippen molar-refractivity contribution in [3.63, 3.8) is 0 Å². The van der Waals surface area contributed by atoms with Gasteiger partial charge in [-0.2, -0.15) is 0 Å². The van der Waals surface area contributed by atoms with Crippen molar-refractivity contribution in [2.75, 3.05) is 6.54 Å². The summed E-state index contributed by atoms with van der Waals surface area (Å²) in [5.74, 6) is -0.619. The lowest BCUT2D eigenvalue weighted by Gasteiger charge is -2.15. The highest BCUT2D eigenvalue weighted by atomic mass is 35.5.